The van der Waals surface area contributed by atoms with Gasteiger partial charge in [0.15, 0.2) is 0 Å². The highest BCUT2D eigenvalue weighted by atomic mass is 19.4. The number of halogens is 3. The molecule has 0 aliphatic heterocycles. The summed E-state index contributed by atoms with van der Waals surface area (Å²) < 4.78 is 37.1. The van der Waals surface area contributed by atoms with Crippen molar-refractivity contribution in [3.63, 3.8) is 0 Å². The summed E-state index contributed by atoms with van der Waals surface area (Å²) >= 11 is 0. The van der Waals surface area contributed by atoms with Gasteiger partial charge in [-0.25, -0.2) is 0 Å². The maximum atomic E-state index is 12.4. The van der Waals surface area contributed by atoms with Crippen molar-refractivity contribution in [2.24, 2.45) is 0 Å². The summed E-state index contributed by atoms with van der Waals surface area (Å²) in [5.41, 5.74) is -0.292. The van der Waals surface area contributed by atoms with Crippen LogP contribution in [0.2, 0.25) is 0 Å². The number of carbonyl (C=O) groups is 1. The molecular weight excluding hydrogens is 209 g/mol. The number of hydrogen-bond acceptors (Lipinski definition) is 2. The molecule has 0 atom stereocenters. The van der Waals surface area contributed by atoms with Gasteiger partial charge in [0.05, 0.1) is 17.8 Å². The summed E-state index contributed by atoms with van der Waals surface area (Å²) in [5, 5.41) is 2.26. The summed E-state index contributed by atoms with van der Waals surface area (Å²) in [6.07, 6.45) is -3.97. The van der Waals surface area contributed by atoms with Crippen LogP contribution in [0.1, 0.15) is 17.0 Å². The Morgan fingerprint density at radius 2 is 2.13 bits per heavy atom. The number of carbonyl (C=O) groups excluding carboxylic acids is 1. The molecule has 1 amide bonds. The van der Waals surface area contributed by atoms with E-state index in [9.17, 15) is 18.0 Å². The lowest BCUT2D eigenvalue weighted by atomic mass is 10.2. The van der Waals surface area contributed by atoms with Crippen molar-refractivity contribution in [3.8, 4) is 0 Å². The summed E-state index contributed by atoms with van der Waals surface area (Å²) in [6, 6.07) is 1.88. The van der Waals surface area contributed by atoms with E-state index in [1.165, 1.54) is 6.92 Å². The minimum atomic E-state index is -4.39. The second-order valence-electron chi connectivity index (χ2n) is 2.99. The zero-order valence-electron chi connectivity index (χ0n) is 7.93. The lowest BCUT2D eigenvalue weighted by Gasteiger charge is -2.09. The Balaban J connectivity index is 3.00. The van der Waals surface area contributed by atoms with Gasteiger partial charge in [0.2, 0.25) is 6.41 Å². The summed E-state index contributed by atoms with van der Waals surface area (Å²) in [5.74, 6) is 0. The minimum absolute atomic E-state index is 0.00569. The molecule has 1 aromatic heterocycles. The summed E-state index contributed by atoms with van der Waals surface area (Å²) in [4.78, 5) is 13.8. The molecule has 82 valence electrons. The standard InChI is InChI=1S/C9H9F3N2O/c1-6-2-7(9(10,11)12)3-8(14-6)4-13-5-15/h2-3,5H,4H2,1H3,(H,13,15). The fraction of sp³-hybridized carbons (Fsp3) is 0.333. The molecule has 1 N–H and O–H groups in total. The first-order chi connectivity index (χ1) is 6.93. The number of amides is 1. The van der Waals surface area contributed by atoms with E-state index in [0.717, 1.165) is 12.1 Å². The number of hydrogen-bond donors (Lipinski definition) is 1. The quantitative estimate of drug-likeness (QED) is 0.784. The van der Waals surface area contributed by atoms with Crippen LogP contribution in [-0.2, 0) is 17.5 Å². The molecule has 0 saturated carbocycles. The Kier molecular flexibility index (Phi) is 3.28. The third-order valence-electron chi connectivity index (χ3n) is 1.70. The molecule has 0 radical (unpaired) electrons. The van der Waals surface area contributed by atoms with Crippen LogP contribution in [0.25, 0.3) is 0 Å². The van der Waals surface area contributed by atoms with E-state index in [1.807, 2.05) is 0 Å². The van der Waals surface area contributed by atoms with E-state index >= 15 is 0 Å². The monoisotopic (exact) mass is 218 g/mol. The first-order valence-corrected chi connectivity index (χ1v) is 4.15. The highest BCUT2D eigenvalue weighted by Crippen LogP contribution is 2.29. The largest absolute Gasteiger partial charge is 0.416 e. The predicted octanol–water partition coefficient (Wildman–Crippen LogP) is 1.65. The molecule has 0 aliphatic carbocycles. The van der Waals surface area contributed by atoms with Crippen LogP contribution in [0.15, 0.2) is 12.1 Å². The Bertz CT molecular complexity index is 363. The first-order valence-electron chi connectivity index (χ1n) is 4.15. The Morgan fingerprint density at radius 3 is 2.67 bits per heavy atom. The van der Waals surface area contributed by atoms with Crippen molar-refractivity contribution in [1.82, 2.24) is 10.3 Å². The lowest BCUT2D eigenvalue weighted by Crippen LogP contribution is -2.14. The van der Waals surface area contributed by atoms with E-state index in [2.05, 4.69) is 10.3 Å². The van der Waals surface area contributed by atoms with Crippen LogP contribution in [0.3, 0.4) is 0 Å². The van der Waals surface area contributed by atoms with Gasteiger partial charge in [-0.3, -0.25) is 9.78 Å². The molecule has 0 fully saturated rings. The van der Waals surface area contributed by atoms with Gasteiger partial charge in [0.25, 0.3) is 0 Å². The van der Waals surface area contributed by atoms with E-state index in [-0.39, 0.29) is 17.9 Å². The third kappa shape index (κ3) is 3.23. The smallest absolute Gasteiger partial charge is 0.353 e. The topological polar surface area (TPSA) is 42.0 Å². The molecule has 0 aromatic carbocycles. The van der Waals surface area contributed by atoms with Gasteiger partial charge in [0.1, 0.15) is 0 Å². The molecule has 1 aromatic rings. The van der Waals surface area contributed by atoms with Crippen LogP contribution in [0, 0.1) is 6.92 Å². The number of aryl methyl sites for hydroxylation is 1. The van der Waals surface area contributed by atoms with Gasteiger partial charge < -0.3 is 5.32 Å². The van der Waals surface area contributed by atoms with Gasteiger partial charge in [-0.15, -0.1) is 0 Å². The molecule has 0 aliphatic rings. The average molecular weight is 218 g/mol. The van der Waals surface area contributed by atoms with Crippen molar-refractivity contribution in [3.05, 3.63) is 29.1 Å². The Morgan fingerprint density at radius 1 is 1.47 bits per heavy atom. The van der Waals surface area contributed by atoms with Gasteiger partial charge >= 0.3 is 6.18 Å². The van der Waals surface area contributed by atoms with Crippen LogP contribution in [-0.4, -0.2) is 11.4 Å². The number of nitrogens with zero attached hydrogens (tertiary/aromatic N) is 1. The molecule has 0 saturated heterocycles. The van der Waals surface area contributed by atoms with Gasteiger partial charge in [0, 0.05) is 5.69 Å². The second-order valence-corrected chi connectivity index (χ2v) is 2.99. The number of aromatic nitrogens is 1. The normalized spacial score (nSPS) is 11.2. The van der Waals surface area contributed by atoms with Crippen LogP contribution in [0.4, 0.5) is 13.2 Å². The number of pyridine rings is 1. The van der Waals surface area contributed by atoms with Crippen LogP contribution in [0.5, 0.6) is 0 Å². The van der Waals surface area contributed by atoms with E-state index in [1.54, 1.807) is 0 Å². The van der Waals surface area contributed by atoms with Crippen molar-refractivity contribution < 1.29 is 18.0 Å². The number of nitrogens with one attached hydrogen (secondary N) is 1. The molecule has 0 spiro atoms. The van der Waals surface area contributed by atoms with Crippen molar-refractivity contribution in [1.29, 1.82) is 0 Å². The molecular formula is C9H9F3N2O. The first kappa shape index (κ1) is 11.5. The fourth-order valence-corrected chi connectivity index (χ4v) is 1.14. The molecule has 1 rings (SSSR count). The highest BCUT2D eigenvalue weighted by Gasteiger charge is 2.31. The zero-order chi connectivity index (χ0) is 11.5. The van der Waals surface area contributed by atoms with Crippen LogP contribution < -0.4 is 5.32 Å². The predicted molar refractivity (Wildman–Crippen MR) is 46.9 cm³/mol. The van der Waals surface area contributed by atoms with E-state index in [4.69, 9.17) is 0 Å². The second kappa shape index (κ2) is 4.29. The third-order valence-corrected chi connectivity index (χ3v) is 1.70. The molecule has 1 heterocycles. The van der Waals surface area contributed by atoms with Gasteiger partial charge in [-0.05, 0) is 19.1 Å². The molecule has 0 unspecified atom stereocenters. The van der Waals surface area contributed by atoms with Gasteiger partial charge in [-0.2, -0.15) is 13.2 Å². The molecule has 6 heteroatoms. The maximum absolute atomic E-state index is 12.4. The van der Waals surface area contributed by atoms with E-state index in [0.29, 0.717) is 6.41 Å². The molecule has 15 heavy (non-hydrogen) atoms. The number of rotatable bonds is 3. The molecule has 0 bridgehead atoms. The maximum Gasteiger partial charge on any atom is 0.416 e. The van der Waals surface area contributed by atoms with Crippen molar-refractivity contribution in [2.75, 3.05) is 0 Å². The van der Waals surface area contributed by atoms with Crippen molar-refractivity contribution in [2.45, 2.75) is 19.6 Å². The Labute approximate surface area is 84.3 Å². The highest BCUT2D eigenvalue weighted by molar-refractivity contribution is 5.46. The minimum Gasteiger partial charge on any atom is -0.353 e. The van der Waals surface area contributed by atoms with E-state index < -0.39 is 11.7 Å². The molecule has 3 nitrogen and oxygen atoms in total. The summed E-state index contributed by atoms with van der Waals surface area (Å²) in [6.45, 7) is 1.47. The average Bonchev–Trinajstić information content (AvgIpc) is 2.12. The van der Waals surface area contributed by atoms with Crippen molar-refractivity contribution >= 4 is 6.41 Å². The van der Waals surface area contributed by atoms with Gasteiger partial charge in [-0.1, -0.05) is 0 Å². The SMILES string of the molecule is Cc1cc(C(F)(F)F)cc(CNC=O)n1. The lowest BCUT2D eigenvalue weighted by molar-refractivity contribution is -0.137. The Hall–Kier alpha value is -1.59. The zero-order valence-corrected chi connectivity index (χ0v) is 7.93. The number of alkyl halides is 3. The van der Waals surface area contributed by atoms with Crippen LogP contribution >= 0.6 is 0 Å². The summed E-state index contributed by atoms with van der Waals surface area (Å²) in [7, 11) is 0. The fourth-order valence-electron chi connectivity index (χ4n) is 1.14.